The van der Waals surface area contributed by atoms with Crippen LogP contribution in [0.25, 0.3) is 0 Å². The molecule has 31 heavy (non-hydrogen) atoms. The van der Waals surface area contributed by atoms with Gasteiger partial charge < -0.3 is 15.3 Å². The van der Waals surface area contributed by atoms with E-state index < -0.39 is 5.97 Å². The normalized spacial score (nSPS) is 15.5. The van der Waals surface area contributed by atoms with Gasteiger partial charge in [-0.3, -0.25) is 4.79 Å². The van der Waals surface area contributed by atoms with Crippen LogP contribution < -0.4 is 10.2 Å². The molecule has 0 radical (unpaired) electrons. The summed E-state index contributed by atoms with van der Waals surface area (Å²) in [6, 6.07) is 6.90. The number of nitrogens with zero attached hydrogens (tertiary/aromatic N) is 3. The van der Waals surface area contributed by atoms with E-state index in [0.29, 0.717) is 12.0 Å². The molecule has 2 aromatic rings. The van der Waals surface area contributed by atoms with E-state index in [9.17, 15) is 9.90 Å². The number of anilines is 3. The summed E-state index contributed by atoms with van der Waals surface area (Å²) in [5.74, 6) is -0.205. The van der Waals surface area contributed by atoms with Gasteiger partial charge in [0.05, 0.1) is 17.8 Å². The summed E-state index contributed by atoms with van der Waals surface area (Å²) in [5.41, 5.74) is 4.25. The van der Waals surface area contributed by atoms with E-state index >= 15 is 0 Å². The number of aliphatic carboxylic acids is 1. The fourth-order valence-electron chi connectivity index (χ4n) is 4.61. The minimum atomic E-state index is -0.763. The molecule has 0 spiro atoms. The molecule has 0 aliphatic heterocycles. The van der Waals surface area contributed by atoms with Crippen molar-refractivity contribution in [1.29, 1.82) is 0 Å². The van der Waals surface area contributed by atoms with Crippen LogP contribution in [0.4, 0.5) is 17.3 Å². The van der Waals surface area contributed by atoms with Gasteiger partial charge in [-0.2, -0.15) is 0 Å². The quantitative estimate of drug-likeness (QED) is 0.494. The second-order valence-corrected chi connectivity index (χ2v) is 8.45. The van der Waals surface area contributed by atoms with Crippen molar-refractivity contribution in [2.45, 2.75) is 84.1 Å². The Morgan fingerprint density at radius 1 is 1.16 bits per heavy atom. The van der Waals surface area contributed by atoms with E-state index in [1.165, 1.54) is 32.1 Å². The average molecular weight is 425 g/mol. The van der Waals surface area contributed by atoms with Crippen molar-refractivity contribution >= 4 is 23.3 Å². The van der Waals surface area contributed by atoms with Crippen molar-refractivity contribution in [2.24, 2.45) is 0 Å². The van der Waals surface area contributed by atoms with Gasteiger partial charge in [-0.05, 0) is 61.8 Å². The van der Waals surface area contributed by atoms with Gasteiger partial charge in [0.2, 0.25) is 5.95 Å². The average Bonchev–Trinajstić information content (AvgIpc) is 2.80. The number of carbonyl (C=O) groups is 1. The van der Waals surface area contributed by atoms with Gasteiger partial charge in [0.1, 0.15) is 0 Å². The summed E-state index contributed by atoms with van der Waals surface area (Å²) in [6.07, 6.45) is 11.8. The third kappa shape index (κ3) is 5.96. The molecule has 168 valence electrons. The molecule has 2 N–H and O–H groups in total. The Kier molecular flexibility index (Phi) is 8.27. The molecule has 1 aliphatic rings. The smallest absolute Gasteiger partial charge is 0.303 e. The lowest BCUT2D eigenvalue weighted by Gasteiger charge is -2.37. The molecule has 0 saturated heterocycles. The Morgan fingerprint density at radius 2 is 1.87 bits per heavy atom. The van der Waals surface area contributed by atoms with Crippen LogP contribution in [-0.4, -0.2) is 33.6 Å². The molecule has 1 heterocycles. The lowest BCUT2D eigenvalue weighted by molar-refractivity contribution is -0.137. The largest absolute Gasteiger partial charge is 0.481 e. The summed E-state index contributed by atoms with van der Waals surface area (Å²) in [5, 5.41) is 12.8. The highest BCUT2D eigenvalue weighted by atomic mass is 16.4. The number of hydrogen-bond acceptors (Lipinski definition) is 5. The van der Waals surface area contributed by atoms with Gasteiger partial charge >= 0.3 is 5.97 Å². The fourth-order valence-corrected chi connectivity index (χ4v) is 4.61. The predicted molar refractivity (Wildman–Crippen MR) is 126 cm³/mol. The van der Waals surface area contributed by atoms with Crippen LogP contribution in [-0.2, 0) is 11.2 Å². The molecule has 3 rings (SSSR count). The molecule has 1 aliphatic carbocycles. The van der Waals surface area contributed by atoms with Crippen molar-refractivity contribution in [3.63, 3.8) is 0 Å². The van der Waals surface area contributed by atoms with Crippen LogP contribution in [0.3, 0.4) is 0 Å². The van der Waals surface area contributed by atoms with E-state index in [2.05, 4.69) is 52.2 Å². The summed E-state index contributed by atoms with van der Waals surface area (Å²) in [7, 11) is 0. The van der Waals surface area contributed by atoms with E-state index in [4.69, 9.17) is 0 Å². The molecule has 0 amide bonds. The second-order valence-electron chi connectivity index (χ2n) is 8.45. The minimum Gasteiger partial charge on any atom is -0.481 e. The van der Waals surface area contributed by atoms with Crippen molar-refractivity contribution in [1.82, 2.24) is 9.97 Å². The molecular formula is C25H36N4O2. The molecule has 1 fully saturated rings. The zero-order valence-electron chi connectivity index (χ0n) is 19.1. The topological polar surface area (TPSA) is 78.3 Å². The molecule has 0 bridgehead atoms. The van der Waals surface area contributed by atoms with E-state index in [1.54, 1.807) is 0 Å². The molecule has 1 aromatic heterocycles. The van der Waals surface area contributed by atoms with Crippen molar-refractivity contribution in [2.75, 3.05) is 16.8 Å². The molecule has 0 unspecified atom stereocenters. The summed E-state index contributed by atoms with van der Waals surface area (Å²) >= 11 is 0. The molecule has 1 atom stereocenters. The molecule has 1 aromatic carbocycles. The van der Waals surface area contributed by atoms with Crippen molar-refractivity contribution in [3.05, 3.63) is 41.7 Å². The Bertz CT molecular complexity index is 847. The van der Waals surface area contributed by atoms with Gasteiger partial charge in [0.15, 0.2) is 0 Å². The monoisotopic (exact) mass is 424 g/mol. The first-order valence-corrected chi connectivity index (χ1v) is 11.8. The van der Waals surface area contributed by atoms with Gasteiger partial charge in [-0.25, -0.2) is 9.97 Å². The molecule has 1 saturated carbocycles. The van der Waals surface area contributed by atoms with Crippen LogP contribution in [0.5, 0.6) is 0 Å². The molecule has 6 nitrogen and oxygen atoms in total. The number of benzene rings is 1. The van der Waals surface area contributed by atoms with Crippen molar-refractivity contribution in [3.8, 4) is 0 Å². The third-order valence-corrected chi connectivity index (χ3v) is 6.43. The van der Waals surface area contributed by atoms with Crippen LogP contribution in [0.1, 0.15) is 82.8 Å². The highest BCUT2D eigenvalue weighted by Gasteiger charge is 2.24. The number of carboxylic acids is 1. The van der Waals surface area contributed by atoms with E-state index in [-0.39, 0.29) is 12.3 Å². The lowest BCUT2D eigenvalue weighted by Crippen LogP contribution is -2.37. The molecular weight excluding hydrogens is 388 g/mol. The number of aromatic nitrogens is 2. The van der Waals surface area contributed by atoms with Crippen LogP contribution in [0, 0.1) is 0 Å². The zero-order chi connectivity index (χ0) is 22.2. The maximum Gasteiger partial charge on any atom is 0.303 e. The van der Waals surface area contributed by atoms with Crippen LogP contribution in [0.15, 0.2) is 30.6 Å². The first-order chi connectivity index (χ1) is 15.0. The minimum absolute atomic E-state index is 0.0137. The summed E-state index contributed by atoms with van der Waals surface area (Å²) < 4.78 is 0. The number of carboxylic acid groups (broad SMARTS) is 1. The van der Waals surface area contributed by atoms with Gasteiger partial charge in [0.25, 0.3) is 0 Å². The van der Waals surface area contributed by atoms with E-state index in [0.717, 1.165) is 41.9 Å². The number of hydrogen-bond donors (Lipinski definition) is 2. The second kappa shape index (κ2) is 11.1. The summed E-state index contributed by atoms with van der Waals surface area (Å²) in [6.45, 7) is 7.27. The van der Waals surface area contributed by atoms with Crippen molar-refractivity contribution < 1.29 is 9.90 Å². The summed E-state index contributed by atoms with van der Waals surface area (Å²) in [4.78, 5) is 22.8. The Morgan fingerprint density at radius 3 is 2.45 bits per heavy atom. The number of aryl methyl sites for hydroxylation is 1. The third-order valence-electron chi connectivity index (χ3n) is 6.43. The van der Waals surface area contributed by atoms with Gasteiger partial charge in [-0.1, -0.05) is 39.2 Å². The Hall–Kier alpha value is -2.63. The lowest BCUT2D eigenvalue weighted by atomic mass is 9.91. The predicted octanol–water partition coefficient (Wildman–Crippen LogP) is 5.91. The highest BCUT2D eigenvalue weighted by molar-refractivity contribution is 5.75. The van der Waals surface area contributed by atoms with Gasteiger partial charge in [0, 0.05) is 25.0 Å². The molecule has 6 heteroatoms. The maximum atomic E-state index is 11.4. The Balaban J connectivity index is 1.97. The SMILES string of the molecule is CCc1cnc(Nc2cc([C@H](CC)CC(=O)O)ccc2N(CC)C2CCCCC2)nc1. The number of rotatable bonds is 10. The van der Waals surface area contributed by atoms with Gasteiger partial charge in [-0.15, -0.1) is 0 Å². The first kappa shape index (κ1) is 23.0. The van der Waals surface area contributed by atoms with E-state index in [1.807, 2.05) is 19.3 Å². The first-order valence-electron chi connectivity index (χ1n) is 11.8. The van der Waals surface area contributed by atoms with Crippen LogP contribution >= 0.6 is 0 Å². The standard InChI is InChI=1S/C25H36N4O2/c1-4-18-16-26-25(27-17-18)28-22-14-20(19(5-2)15-24(30)31)12-13-23(22)29(6-3)21-10-8-7-9-11-21/h12-14,16-17,19,21H,4-11,15H2,1-3H3,(H,30,31)(H,26,27,28)/t19-/m1/s1. The van der Waals surface area contributed by atoms with Crippen LogP contribution in [0.2, 0.25) is 0 Å². The Labute approximate surface area is 186 Å². The fraction of sp³-hybridized carbons (Fsp3) is 0.560. The number of nitrogens with one attached hydrogen (secondary N) is 1. The highest BCUT2D eigenvalue weighted by Crippen LogP contribution is 2.36. The maximum absolute atomic E-state index is 11.4. The zero-order valence-corrected chi connectivity index (χ0v) is 19.1.